The van der Waals surface area contributed by atoms with E-state index >= 15 is 0 Å². The summed E-state index contributed by atoms with van der Waals surface area (Å²) in [6.45, 7) is 0. The van der Waals surface area contributed by atoms with Gasteiger partial charge in [0.2, 0.25) is 5.88 Å². The Morgan fingerprint density at radius 3 is 2.58 bits per heavy atom. The molecule has 1 unspecified atom stereocenters. The van der Waals surface area contributed by atoms with Crippen LogP contribution in [0.5, 0.6) is 5.88 Å². The van der Waals surface area contributed by atoms with E-state index in [-0.39, 0.29) is 12.0 Å². The highest BCUT2D eigenvalue weighted by atomic mass is 19.1. The van der Waals surface area contributed by atoms with Crippen LogP contribution in [0.3, 0.4) is 0 Å². The Morgan fingerprint density at radius 1 is 1.26 bits per heavy atom. The topological polar surface area (TPSA) is 61.0 Å². The van der Waals surface area contributed by atoms with Crippen molar-refractivity contribution in [3.05, 3.63) is 53.5 Å². The summed E-state index contributed by atoms with van der Waals surface area (Å²) in [5, 5.41) is 0. The van der Waals surface area contributed by atoms with E-state index in [9.17, 15) is 8.78 Å². The molecule has 1 atom stereocenters. The molecule has 0 saturated heterocycles. The predicted molar refractivity (Wildman–Crippen MR) is 65.6 cm³/mol. The number of aromatic nitrogens is 2. The van der Waals surface area contributed by atoms with Gasteiger partial charge in [-0.1, -0.05) is 6.07 Å². The number of nitrogens with zero attached hydrogens (tertiary/aromatic N) is 2. The summed E-state index contributed by atoms with van der Waals surface area (Å²) in [6, 6.07) is 4.42. The van der Waals surface area contributed by atoms with Crippen molar-refractivity contribution in [3.63, 3.8) is 0 Å². The van der Waals surface area contributed by atoms with Gasteiger partial charge in [-0.25, -0.2) is 18.7 Å². The number of halogens is 2. The van der Waals surface area contributed by atoms with Gasteiger partial charge in [0.1, 0.15) is 18.0 Å². The van der Waals surface area contributed by atoms with Crippen LogP contribution < -0.4 is 10.5 Å². The molecule has 1 heterocycles. The minimum atomic E-state index is -0.819. The highest BCUT2D eigenvalue weighted by Crippen LogP contribution is 2.22. The van der Waals surface area contributed by atoms with Crippen LogP contribution in [-0.4, -0.2) is 17.1 Å². The Kier molecular flexibility index (Phi) is 4.01. The number of hydrogen-bond donors (Lipinski definition) is 1. The molecule has 100 valence electrons. The molecule has 0 saturated carbocycles. The first-order chi connectivity index (χ1) is 9.11. The summed E-state index contributed by atoms with van der Waals surface area (Å²) in [5.74, 6) is -0.937. The number of benzene rings is 1. The number of ether oxygens (including phenoxy) is 1. The van der Waals surface area contributed by atoms with E-state index in [1.165, 1.54) is 31.6 Å². The van der Waals surface area contributed by atoms with Gasteiger partial charge in [0.05, 0.1) is 7.11 Å². The quantitative estimate of drug-likeness (QED) is 0.918. The van der Waals surface area contributed by atoms with Crippen molar-refractivity contribution in [1.29, 1.82) is 0 Å². The number of methoxy groups -OCH3 is 1. The molecule has 0 bridgehead atoms. The van der Waals surface area contributed by atoms with Crippen molar-refractivity contribution in [3.8, 4) is 5.88 Å². The van der Waals surface area contributed by atoms with Crippen LogP contribution >= 0.6 is 0 Å². The summed E-state index contributed by atoms with van der Waals surface area (Å²) < 4.78 is 32.1. The third-order valence-electron chi connectivity index (χ3n) is 2.71. The molecule has 0 aliphatic rings. The Hall–Kier alpha value is -2.08. The number of hydrogen-bond acceptors (Lipinski definition) is 4. The second-order valence-electron chi connectivity index (χ2n) is 4.00. The maximum Gasteiger partial charge on any atom is 0.216 e. The van der Waals surface area contributed by atoms with Gasteiger partial charge in [0, 0.05) is 29.8 Å². The van der Waals surface area contributed by atoms with Crippen molar-refractivity contribution < 1.29 is 13.5 Å². The van der Waals surface area contributed by atoms with Gasteiger partial charge in [0.25, 0.3) is 0 Å². The van der Waals surface area contributed by atoms with E-state index in [0.29, 0.717) is 11.6 Å². The summed E-state index contributed by atoms with van der Waals surface area (Å²) >= 11 is 0. The summed E-state index contributed by atoms with van der Waals surface area (Å²) in [4.78, 5) is 7.85. The van der Waals surface area contributed by atoms with Crippen molar-refractivity contribution in [2.45, 2.75) is 12.5 Å². The zero-order valence-corrected chi connectivity index (χ0v) is 10.3. The molecule has 2 N–H and O–H groups in total. The highest BCUT2D eigenvalue weighted by molar-refractivity contribution is 5.25. The Balaban J connectivity index is 2.23. The maximum absolute atomic E-state index is 13.6. The molecule has 2 rings (SSSR count). The molecule has 1 aromatic carbocycles. The molecule has 0 spiro atoms. The highest BCUT2D eigenvalue weighted by Gasteiger charge is 2.17. The number of nitrogens with two attached hydrogens (primary N) is 1. The lowest BCUT2D eigenvalue weighted by atomic mass is 10.0. The number of rotatable bonds is 4. The molecule has 6 heteroatoms. The zero-order chi connectivity index (χ0) is 13.8. The molecule has 4 nitrogen and oxygen atoms in total. The summed E-state index contributed by atoms with van der Waals surface area (Å²) in [5.41, 5.74) is 6.26. The standard InChI is InChI=1S/C13H13F2N3O/c1-19-12-6-8(17-7-18-12)5-11(16)13-9(14)3-2-4-10(13)15/h2-4,6-7,11H,5,16H2,1H3. The normalized spacial score (nSPS) is 12.2. The fourth-order valence-electron chi connectivity index (χ4n) is 1.79. The van der Waals surface area contributed by atoms with Gasteiger partial charge in [-0.15, -0.1) is 0 Å². The van der Waals surface area contributed by atoms with Crippen molar-refractivity contribution >= 4 is 0 Å². The van der Waals surface area contributed by atoms with Gasteiger partial charge in [-0.05, 0) is 12.1 Å². The van der Waals surface area contributed by atoms with Crippen LogP contribution in [0.25, 0.3) is 0 Å². The van der Waals surface area contributed by atoms with E-state index in [1.807, 2.05) is 0 Å². The van der Waals surface area contributed by atoms with Gasteiger partial charge >= 0.3 is 0 Å². The Labute approximate surface area is 109 Å². The SMILES string of the molecule is COc1cc(CC(N)c2c(F)cccc2F)ncn1. The zero-order valence-electron chi connectivity index (χ0n) is 10.3. The monoisotopic (exact) mass is 265 g/mol. The third-order valence-corrected chi connectivity index (χ3v) is 2.71. The Bertz CT molecular complexity index is 557. The molecule has 0 aliphatic carbocycles. The molecule has 19 heavy (non-hydrogen) atoms. The Morgan fingerprint density at radius 2 is 1.95 bits per heavy atom. The second-order valence-corrected chi connectivity index (χ2v) is 4.00. The summed E-state index contributed by atoms with van der Waals surface area (Å²) in [7, 11) is 1.47. The van der Waals surface area contributed by atoms with Crippen molar-refractivity contribution in [2.75, 3.05) is 7.11 Å². The van der Waals surface area contributed by atoms with E-state index in [2.05, 4.69) is 9.97 Å². The first-order valence-corrected chi connectivity index (χ1v) is 5.66. The molecule has 1 aromatic heterocycles. The average molecular weight is 265 g/mol. The van der Waals surface area contributed by atoms with Crippen LogP contribution in [-0.2, 0) is 6.42 Å². The third kappa shape index (κ3) is 3.03. The van der Waals surface area contributed by atoms with Crippen LogP contribution in [0.1, 0.15) is 17.3 Å². The molecular weight excluding hydrogens is 252 g/mol. The molecule has 2 aromatic rings. The van der Waals surface area contributed by atoms with Gasteiger partial charge in [-0.2, -0.15) is 0 Å². The van der Waals surface area contributed by atoms with Crippen molar-refractivity contribution in [1.82, 2.24) is 9.97 Å². The fourth-order valence-corrected chi connectivity index (χ4v) is 1.79. The molecular formula is C13H13F2N3O. The fraction of sp³-hybridized carbons (Fsp3) is 0.231. The predicted octanol–water partition coefficient (Wildman–Crippen LogP) is 2.01. The second kappa shape index (κ2) is 5.71. The molecule has 0 fully saturated rings. The van der Waals surface area contributed by atoms with Crippen LogP contribution in [0, 0.1) is 11.6 Å². The van der Waals surface area contributed by atoms with Crippen LogP contribution in [0.4, 0.5) is 8.78 Å². The summed E-state index contributed by atoms with van der Waals surface area (Å²) in [6.07, 6.45) is 1.51. The average Bonchev–Trinajstić information content (AvgIpc) is 2.38. The van der Waals surface area contributed by atoms with Gasteiger partial charge in [-0.3, -0.25) is 0 Å². The smallest absolute Gasteiger partial charge is 0.216 e. The van der Waals surface area contributed by atoms with E-state index in [4.69, 9.17) is 10.5 Å². The lowest BCUT2D eigenvalue weighted by molar-refractivity contribution is 0.395. The minimum absolute atomic E-state index is 0.139. The van der Waals surface area contributed by atoms with Gasteiger partial charge < -0.3 is 10.5 Å². The molecule has 0 amide bonds. The van der Waals surface area contributed by atoms with E-state index < -0.39 is 17.7 Å². The lowest BCUT2D eigenvalue weighted by Gasteiger charge is -2.13. The minimum Gasteiger partial charge on any atom is -0.481 e. The first kappa shape index (κ1) is 13.4. The van der Waals surface area contributed by atoms with E-state index in [1.54, 1.807) is 6.07 Å². The van der Waals surface area contributed by atoms with Crippen molar-refractivity contribution in [2.24, 2.45) is 5.73 Å². The van der Waals surface area contributed by atoms with Crippen LogP contribution in [0.2, 0.25) is 0 Å². The molecule has 0 aliphatic heterocycles. The largest absolute Gasteiger partial charge is 0.481 e. The lowest BCUT2D eigenvalue weighted by Crippen LogP contribution is -2.17. The first-order valence-electron chi connectivity index (χ1n) is 5.66. The maximum atomic E-state index is 13.6. The molecule has 0 radical (unpaired) electrons. The van der Waals surface area contributed by atoms with E-state index in [0.717, 1.165) is 0 Å². The van der Waals surface area contributed by atoms with Gasteiger partial charge in [0.15, 0.2) is 0 Å². The van der Waals surface area contributed by atoms with Crippen LogP contribution in [0.15, 0.2) is 30.6 Å².